The van der Waals surface area contributed by atoms with Crippen LogP contribution in [0, 0.1) is 10.1 Å². The second-order valence-corrected chi connectivity index (χ2v) is 4.87. The zero-order chi connectivity index (χ0) is 13.7. The first-order valence-electron chi connectivity index (χ1n) is 6.33. The van der Waals surface area contributed by atoms with E-state index in [-0.39, 0.29) is 5.69 Å². The molecule has 1 saturated heterocycles. The first kappa shape index (κ1) is 13.9. The third-order valence-electron chi connectivity index (χ3n) is 3.33. The number of hydrogen-bond donors (Lipinski definition) is 2. The molecule has 1 aromatic carbocycles. The molecule has 0 amide bonds. The molecule has 0 spiro atoms. The molecule has 1 aromatic rings. The summed E-state index contributed by atoms with van der Waals surface area (Å²) >= 11 is 0. The molecule has 0 aromatic heterocycles. The van der Waals surface area contributed by atoms with E-state index in [9.17, 15) is 15.2 Å². The fourth-order valence-electron chi connectivity index (χ4n) is 2.15. The molecule has 2 rings (SSSR count). The van der Waals surface area contributed by atoms with Gasteiger partial charge in [-0.05, 0) is 5.56 Å². The van der Waals surface area contributed by atoms with Crippen LogP contribution in [0.5, 0.6) is 0 Å². The number of nitrogens with one attached hydrogen (secondary N) is 1. The monoisotopic (exact) mass is 266 g/mol. The van der Waals surface area contributed by atoms with Crippen LogP contribution in [0.15, 0.2) is 24.3 Å². The second-order valence-electron chi connectivity index (χ2n) is 4.87. The number of non-ortho nitro benzene ring substituents is 1. The lowest BCUT2D eigenvalue weighted by molar-refractivity contribution is -0.384. The predicted octanol–water partition coefficient (Wildman–Crippen LogP) is 1.23. The number of benzene rings is 1. The van der Waals surface area contributed by atoms with E-state index >= 15 is 0 Å². The summed E-state index contributed by atoms with van der Waals surface area (Å²) in [6, 6.07) is 6.50. The smallest absolute Gasteiger partial charge is 0.269 e. The number of rotatable bonds is 5. The van der Waals surface area contributed by atoms with Crippen molar-refractivity contribution in [2.45, 2.75) is 25.0 Å². The average molecular weight is 266 g/mol. The zero-order valence-electron chi connectivity index (χ0n) is 10.7. The highest BCUT2D eigenvalue weighted by molar-refractivity contribution is 5.34. The lowest BCUT2D eigenvalue weighted by Gasteiger charge is -2.32. The van der Waals surface area contributed by atoms with Crippen molar-refractivity contribution in [3.05, 3.63) is 39.9 Å². The van der Waals surface area contributed by atoms with Crippen LogP contribution in [0.4, 0.5) is 5.69 Å². The maximum Gasteiger partial charge on any atom is 0.269 e. The van der Waals surface area contributed by atoms with Gasteiger partial charge < -0.3 is 15.2 Å². The Bertz CT molecular complexity index is 444. The molecule has 0 bridgehead atoms. The molecule has 0 saturated carbocycles. The molecule has 19 heavy (non-hydrogen) atoms. The van der Waals surface area contributed by atoms with Gasteiger partial charge in [0.25, 0.3) is 5.69 Å². The largest absolute Gasteiger partial charge is 0.388 e. The van der Waals surface area contributed by atoms with Gasteiger partial charge in [-0.3, -0.25) is 10.1 Å². The highest BCUT2D eigenvalue weighted by Gasteiger charge is 2.29. The van der Waals surface area contributed by atoms with Gasteiger partial charge in [0.2, 0.25) is 0 Å². The topological polar surface area (TPSA) is 84.6 Å². The van der Waals surface area contributed by atoms with Crippen molar-refractivity contribution in [1.29, 1.82) is 0 Å². The van der Waals surface area contributed by atoms with E-state index in [4.69, 9.17) is 4.74 Å². The van der Waals surface area contributed by atoms with Gasteiger partial charge in [0.05, 0.1) is 10.5 Å². The van der Waals surface area contributed by atoms with Crippen LogP contribution in [0.25, 0.3) is 0 Å². The Balaban J connectivity index is 1.85. The number of nitro groups is 1. The third kappa shape index (κ3) is 3.99. The van der Waals surface area contributed by atoms with Crippen molar-refractivity contribution in [1.82, 2.24) is 5.32 Å². The fourth-order valence-corrected chi connectivity index (χ4v) is 2.15. The molecule has 2 N–H and O–H groups in total. The minimum Gasteiger partial charge on any atom is -0.388 e. The summed E-state index contributed by atoms with van der Waals surface area (Å²) in [6.45, 7) is 2.13. The van der Waals surface area contributed by atoms with Crippen LogP contribution < -0.4 is 5.32 Å². The predicted molar refractivity (Wildman–Crippen MR) is 69.8 cm³/mol. The molecule has 0 radical (unpaired) electrons. The van der Waals surface area contributed by atoms with E-state index in [0.717, 1.165) is 5.56 Å². The van der Waals surface area contributed by atoms with Crippen LogP contribution in [-0.2, 0) is 11.3 Å². The summed E-state index contributed by atoms with van der Waals surface area (Å²) in [5.74, 6) is 0. The summed E-state index contributed by atoms with van der Waals surface area (Å²) in [5, 5.41) is 24.0. The van der Waals surface area contributed by atoms with Crippen LogP contribution in [0.1, 0.15) is 18.4 Å². The molecule has 0 aliphatic carbocycles. The maximum atomic E-state index is 10.7. The fraction of sp³-hybridized carbons (Fsp3) is 0.538. The molecule has 1 fully saturated rings. The molecule has 6 heteroatoms. The van der Waals surface area contributed by atoms with Gasteiger partial charge in [-0.25, -0.2) is 0 Å². The maximum absolute atomic E-state index is 10.7. The summed E-state index contributed by atoms with van der Waals surface area (Å²) < 4.78 is 5.21. The Morgan fingerprint density at radius 3 is 2.84 bits per heavy atom. The van der Waals surface area contributed by atoms with Gasteiger partial charge in [-0.15, -0.1) is 0 Å². The van der Waals surface area contributed by atoms with Crippen molar-refractivity contribution in [2.75, 3.05) is 19.8 Å². The molecule has 0 unspecified atom stereocenters. The van der Waals surface area contributed by atoms with E-state index in [2.05, 4.69) is 5.32 Å². The van der Waals surface area contributed by atoms with Gasteiger partial charge >= 0.3 is 0 Å². The quantitative estimate of drug-likeness (QED) is 0.618. The van der Waals surface area contributed by atoms with Crippen molar-refractivity contribution in [3.63, 3.8) is 0 Å². The number of hydrogen-bond acceptors (Lipinski definition) is 5. The number of nitro benzene ring substituents is 1. The standard InChI is InChI=1S/C13H18N2O4/c16-13(4-6-19-7-5-13)10-14-9-11-2-1-3-12(8-11)15(17)18/h1-3,8,14,16H,4-7,9-10H2. The Hall–Kier alpha value is -1.50. The van der Waals surface area contributed by atoms with E-state index < -0.39 is 10.5 Å². The Labute approximate surface area is 111 Å². The van der Waals surface area contributed by atoms with Crippen molar-refractivity contribution in [3.8, 4) is 0 Å². The molecule has 104 valence electrons. The lowest BCUT2D eigenvalue weighted by atomic mass is 9.94. The van der Waals surface area contributed by atoms with E-state index in [0.29, 0.717) is 39.1 Å². The van der Waals surface area contributed by atoms with Gasteiger partial charge in [-0.2, -0.15) is 0 Å². The van der Waals surface area contributed by atoms with Gasteiger partial charge in [0.1, 0.15) is 0 Å². The van der Waals surface area contributed by atoms with Crippen molar-refractivity contribution >= 4 is 5.69 Å². The van der Waals surface area contributed by atoms with Crippen LogP contribution in [0.2, 0.25) is 0 Å². The molecule has 0 atom stereocenters. The first-order valence-corrected chi connectivity index (χ1v) is 6.33. The minimum atomic E-state index is -0.723. The van der Waals surface area contributed by atoms with Crippen molar-refractivity contribution < 1.29 is 14.8 Å². The van der Waals surface area contributed by atoms with Crippen LogP contribution in [0.3, 0.4) is 0 Å². The molecule has 1 aliphatic heterocycles. The highest BCUT2D eigenvalue weighted by Crippen LogP contribution is 2.19. The Morgan fingerprint density at radius 2 is 2.16 bits per heavy atom. The van der Waals surface area contributed by atoms with E-state index in [1.807, 2.05) is 6.07 Å². The van der Waals surface area contributed by atoms with E-state index in [1.165, 1.54) is 6.07 Å². The summed E-state index contributed by atoms with van der Waals surface area (Å²) in [6.07, 6.45) is 1.24. The minimum absolute atomic E-state index is 0.0871. The number of ether oxygens (including phenoxy) is 1. The SMILES string of the molecule is O=[N+]([O-])c1cccc(CNCC2(O)CCOCC2)c1. The number of aliphatic hydroxyl groups is 1. The highest BCUT2D eigenvalue weighted by atomic mass is 16.6. The van der Waals surface area contributed by atoms with Crippen LogP contribution >= 0.6 is 0 Å². The molecule has 1 heterocycles. The molecule has 6 nitrogen and oxygen atoms in total. The van der Waals surface area contributed by atoms with Gasteiger partial charge in [-0.1, -0.05) is 12.1 Å². The second kappa shape index (κ2) is 6.10. The van der Waals surface area contributed by atoms with Crippen molar-refractivity contribution in [2.24, 2.45) is 0 Å². The van der Waals surface area contributed by atoms with Gasteiger partial charge in [0.15, 0.2) is 0 Å². The molecular weight excluding hydrogens is 248 g/mol. The lowest BCUT2D eigenvalue weighted by Crippen LogP contribution is -2.44. The summed E-state index contributed by atoms with van der Waals surface area (Å²) in [4.78, 5) is 10.2. The molecular formula is C13H18N2O4. The van der Waals surface area contributed by atoms with E-state index in [1.54, 1.807) is 12.1 Å². The summed E-state index contributed by atoms with van der Waals surface area (Å²) in [7, 11) is 0. The van der Waals surface area contributed by atoms with Gasteiger partial charge in [0, 0.05) is 51.3 Å². The Morgan fingerprint density at radius 1 is 1.42 bits per heavy atom. The van der Waals surface area contributed by atoms with Crippen LogP contribution in [-0.4, -0.2) is 35.4 Å². The third-order valence-corrected chi connectivity index (χ3v) is 3.33. The summed E-state index contributed by atoms with van der Waals surface area (Å²) in [5.41, 5.74) is 0.202. The zero-order valence-corrected chi connectivity index (χ0v) is 10.7. The normalized spacial score (nSPS) is 18.2. The Kier molecular flexibility index (Phi) is 4.47. The number of nitrogens with zero attached hydrogens (tertiary/aromatic N) is 1. The average Bonchev–Trinajstić information content (AvgIpc) is 2.39. The first-order chi connectivity index (χ1) is 9.09. The molecule has 1 aliphatic rings.